The molecule has 0 aromatic heterocycles. The van der Waals surface area contributed by atoms with Crippen LogP contribution in [0.2, 0.25) is 52.4 Å². The molecule has 0 aliphatic carbocycles. The largest absolute Gasteiger partial charge is 0.436 e. The fourth-order valence-corrected chi connectivity index (χ4v) is 11.0. The molecule has 0 saturated heterocycles. The molecule has 19 heavy (non-hydrogen) atoms. The van der Waals surface area contributed by atoms with Gasteiger partial charge in [0, 0.05) is 0 Å². The summed E-state index contributed by atoms with van der Waals surface area (Å²) in [5.74, 6) is -0.542. The van der Waals surface area contributed by atoms with E-state index in [1.54, 1.807) is 0 Å². The van der Waals surface area contributed by atoms with Gasteiger partial charge in [-0.25, -0.2) is 0 Å². The molecular formula is C13H36O3Si3. The first-order valence-electron chi connectivity index (χ1n) is 7.22. The van der Waals surface area contributed by atoms with Gasteiger partial charge in [0.1, 0.15) is 5.79 Å². The first kappa shape index (κ1) is 21.8. The highest BCUT2D eigenvalue weighted by Gasteiger charge is 2.39. The van der Waals surface area contributed by atoms with Crippen LogP contribution < -0.4 is 0 Å². The zero-order chi connectivity index (χ0) is 16.1. The van der Waals surface area contributed by atoms with E-state index in [4.69, 9.17) is 13.0 Å². The summed E-state index contributed by atoms with van der Waals surface area (Å²) in [4.78, 5) is 0. The summed E-state index contributed by atoms with van der Waals surface area (Å²) in [6.45, 7) is 25.3. The van der Waals surface area contributed by atoms with Gasteiger partial charge in [-0.1, -0.05) is 13.8 Å². The van der Waals surface area contributed by atoms with Gasteiger partial charge in [-0.15, -0.1) is 0 Å². The highest BCUT2D eigenvalue weighted by atomic mass is 28.4. The van der Waals surface area contributed by atoms with E-state index < -0.39 is 31.0 Å². The van der Waals surface area contributed by atoms with Crippen LogP contribution in [0.3, 0.4) is 0 Å². The van der Waals surface area contributed by atoms with Crippen molar-refractivity contribution in [2.75, 3.05) is 0 Å². The van der Waals surface area contributed by atoms with Crippen molar-refractivity contribution in [2.24, 2.45) is 0 Å². The number of rotatable bonds is 6. The number of hydrogen-bond acceptors (Lipinski definition) is 3. The van der Waals surface area contributed by atoms with E-state index in [9.17, 15) is 0 Å². The summed E-state index contributed by atoms with van der Waals surface area (Å²) < 4.78 is 18.4. The molecule has 0 aliphatic heterocycles. The summed E-state index contributed by atoms with van der Waals surface area (Å²) in [5, 5.41) is 0. The lowest BCUT2D eigenvalue weighted by Gasteiger charge is -2.40. The third kappa shape index (κ3) is 14.7. The lowest BCUT2D eigenvalue weighted by Crippen LogP contribution is -2.52. The predicted molar refractivity (Wildman–Crippen MR) is 92.9 cm³/mol. The summed E-state index contributed by atoms with van der Waals surface area (Å²) in [6.07, 6.45) is 0. The Morgan fingerprint density at radius 2 is 1.00 bits per heavy atom. The minimum atomic E-state index is -2.11. The predicted octanol–water partition coefficient (Wildman–Crippen LogP) is 5.17. The van der Waals surface area contributed by atoms with Crippen LogP contribution in [0.25, 0.3) is 0 Å². The molecular weight excluding hydrogens is 288 g/mol. The zero-order valence-corrected chi connectivity index (χ0v) is 18.2. The molecule has 0 bridgehead atoms. The van der Waals surface area contributed by atoms with Crippen molar-refractivity contribution in [3.05, 3.63) is 0 Å². The second kappa shape index (κ2) is 7.51. The van der Waals surface area contributed by atoms with E-state index in [0.717, 1.165) is 0 Å². The van der Waals surface area contributed by atoms with Crippen molar-refractivity contribution in [3.8, 4) is 0 Å². The smallest absolute Gasteiger partial charge is 0.323 e. The molecule has 0 radical (unpaired) electrons. The molecule has 0 saturated carbocycles. The van der Waals surface area contributed by atoms with E-state index in [2.05, 4.69) is 52.4 Å². The monoisotopic (exact) mass is 324 g/mol. The molecule has 0 unspecified atom stereocenters. The summed E-state index contributed by atoms with van der Waals surface area (Å²) >= 11 is 0. The van der Waals surface area contributed by atoms with Crippen LogP contribution in [0.1, 0.15) is 27.7 Å². The van der Waals surface area contributed by atoms with E-state index in [0.29, 0.717) is 0 Å². The van der Waals surface area contributed by atoms with E-state index >= 15 is 0 Å². The van der Waals surface area contributed by atoms with E-state index in [1.807, 2.05) is 27.7 Å². The summed E-state index contributed by atoms with van der Waals surface area (Å²) in [6, 6.07) is 0. The Bertz CT molecular complexity index is 227. The second-order valence-corrected chi connectivity index (χ2v) is 19.8. The Morgan fingerprint density at radius 3 is 1.26 bits per heavy atom. The van der Waals surface area contributed by atoms with Gasteiger partial charge in [0.15, 0.2) is 16.6 Å². The normalized spacial score (nSPS) is 13.9. The van der Waals surface area contributed by atoms with Crippen molar-refractivity contribution < 1.29 is 13.0 Å². The Balaban J connectivity index is 0. The third-order valence-corrected chi connectivity index (χ3v) is 8.10. The zero-order valence-electron chi connectivity index (χ0n) is 15.2. The van der Waals surface area contributed by atoms with E-state index in [1.165, 1.54) is 0 Å². The first-order valence-corrected chi connectivity index (χ1v) is 16.9. The molecule has 118 valence electrons. The molecule has 0 aromatic rings. The maximum absolute atomic E-state index is 6.17. The van der Waals surface area contributed by atoms with Gasteiger partial charge in [-0.3, -0.25) is 0 Å². The SMILES string of the molecule is CC.CC(C)(O[Si](C)(C)C)O[Si](C)(C)O[Si](C)(C)C. The van der Waals surface area contributed by atoms with Crippen LogP contribution in [0.5, 0.6) is 0 Å². The van der Waals surface area contributed by atoms with Crippen molar-refractivity contribution in [2.45, 2.75) is 85.9 Å². The van der Waals surface area contributed by atoms with Crippen molar-refractivity contribution >= 4 is 25.2 Å². The van der Waals surface area contributed by atoms with Gasteiger partial charge < -0.3 is 13.0 Å². The van der Waals surface area contributed by atoms with Gasteiger partial charge in [-0.05, 0) is 66.2 Å². The second-order valence-electron chi connectivity index (χ2n) is 7.33. The quantitative estimate of drug-likeness (QED) is 0.498. The van der Waals surface area contributed by atoms with Gasteiger partial charge in [0.05, 0.1) is 0 Å². The fraction of sp³-hybridized carbons (Fsp3) is 1.00. The van der Waals surface area contributed by atoms with Gasteiger partial charge in [0.25, 0.3) is 0 Å². The average molecular weight is 325 g/mol. The van der Waals surface area contributed by atoms with Crippen LogP contribution in [0.15, 0.2) is 0 Å². The molecule has 0 rings (SSSR count). The van der Waals surface area contributed by atoms with Crippen LogP contribution in [-0.4, -0.2) is 31.0 Å². The molecule has 0 fully saturated rings. The highest BCUT2D eigenvalue weighted by Crippen LogP contribution is 2.25. The van der Waals surface area contributed by atoms with Crippen LogP contribution >= 0.6 is 0 Å². The molecule has 0 N–H and O–H groups in total. The lowest BCUT2D eigenvalue weighted by molar-refractivity contribution is -0.104. The molecule has 3 nitrogen and oxygen atoms in total. The van der Waals surface area contributed by atoms with Crippen molar-refractivity contribution in [1.29, 1.82) is 0 Å². The van der Waals surface area contributed by atoms with Gasteiger partial charge >= 0.3 is 8.56 Å². The molecule has 0 atom stereocenters. The minimum absolute atomic E-state index is 0.542. The average Bonchev–Trinajstić information content (AvgIpc) is 1.94. The Morgan fingerprint density at radius 1 is 0.632 bits per heavy atom. The number of hydrogen-bond donors (Lipinski definition) is 0. The maximum atomic E-state index is 6.17. The Labute approximate surface area is 124 Å². The molecule has 6 heteroatoms. The molecule has 0 spiro atoms. The summed E-state index contributed by atoms with van der Waals surface area (Å²) in [7, 11) is -5.27. The van der Waals surface area contributed by atoms with Crippen molar-refractivity contribution in [1.82, 2.24) is 0 Å². The standard InChI is InChI=1S/C11H30O3Si3.C2H6/c1-11(2,12-15(3,4)5)13-17(9,10)14-16(6,7)8;1-2/h1-10H3;1-2H3. The van der Waals surface area contributed by atoms with Crippen LogP contribution in [0.4, 0.5) is 0 Å². The van der Waals surface area contributed by atoms with Gasteiger partial charge in [0.2, 0.25) is 0 Å². The summed E-state index contributed by atoms with van der Waals surface area (Å²) in [5.41, 5.74) is 0. The van der Waals surface area contributed by atoms with Gasteiger partial charge in [-0.2, -0.15) is 0 Å². The first-order chi connectivity index (χ1) is 8.12. The molecule has 0 aliphatic rings. The highest BCUT2D eigenvalue weighted by molar-refractivity contribution is 6.81. The fourth-order valence-electron chi connectivity index (χ4n) is 2.11. The minimum Gasteiger partial charge on any atom is -0.436 e. The lowest BCUT2D eigenvalue weighted by atomic mass is 10.4. The van der Waals surface area contributed by atoms with E-state index in [-0.39, 0.29) is 0 Å². The third-order valence-electron chi connectivity index (χ3n) is 1.60. The topological polar surface area (TPSA) is 27.7 Å². The molecule has 0 heterocycles. The Kier molecular flexibility index (Phi) is 8.63. The Hall–Kier alpha value is 0.531. The molecule has 0 aromatic carbocycles. The molecule has 0 amide bonds. The van der Waals surface area contributed by atoms with Crippen molar-refractivity contribution in [3.63, 3.8) is 0 Å². The van der Waals surface area contributed by atoms with Crippen LogP contribution in [0, 0.1) is 0 Å². The maximum Gasteiger partial charge on any atom is 0.323 e. The van der Waals surface area contributed by atoms with Crippen LogP contribution in [-0.2, 0) is 13.0 Å².